The lowest BCUT2D eigenvalue weighted by Gasteiger charge is -2.23. The number of halogens is 3. The van der Waals surface area contributed by atoms with E-state index in [0.717, 1.165) is 44.0 Å². The van der Waals surface area contributed by atoms with Crippen LogP contribution in [-0.4, -0.2) is 40.5 Å². The van der Waals surface area contributed by atoms with Crippen molar-refractivity contribution in [3.8, 4) is 0 Å². The quantitative estimate of drug-likeness (QED) is 0.617. The number of alkyl halides is 3. The maximum atomic E-state index is 12.9. The molecule has 2 unspecified atom stereocenters. The summed E-state index contributed by atoms with van der Waals surface area (Å²) in [4.78, 5) is 28.3. The van der Waals surface area contributed by atoms with Crippen LogP contribution in [0.3, 0.4) is 0 Å². The molecule has 1 aromatic rings. The fraction of sp³-hybridized carbons (Fsp3) is 0.636. The van der Waals surface area contributed by atoms with E-state index in [1.54, 1.807) is 0 Å². The zero-order chi connectivity index (χ0) is 23.8. The molecule has 1 aliphatic heterocycles. The largest absolute Gasteiger partial charge is 0.446 e. The zero-order valence-corrected chi connectivity index (χ0v) is 18.5. The Hall–Kier alpha value is -2.85. The number of amidine groups is 1. The van der Waals surface area contributed by atoms with Crippen LogP contribution < -0.4 is 16.1 Å². The number of pyridine rings is 1. The highest BCUT2D eigenvalue weighted by Crippen LogP contribution is 2.37. The Balaban J connectivity index is 1.25. The first-order chi connectivity index (χ1) is 15.5. The van der Waals surface area contributed by atoms with Crippen LogP contribution in [0.5, 0.6) is 0 Å². The van der Waals surface area contributed by atoms with Gasteiger partial charge in [-0.3, -0.25) is 9.78 Å². The average molecular weight is 467 g/mol. The Morgan fingerprint density at radius 2 is 2.06 bits per heavy atom. The molecule has 4 rings (SSSR count). The normalized spacial score (nSPS) is 28.0. The number of amides is 2. The third-order valence-corrected chi connectivity index (χ3v) is 6.67. The summed E-state index contributed by atoms with van der Waals surface area (Å²) in [5, 5.41) is 9.83. The molecule has 4 atom stereocenters. The number of alkyl carbamates (subject to hydrolysis) is 1. The molecule has 3 N–H and O–H groups in total. The van der Waals surface area contributed by atoms with Crippen LogP contribution in [0.4, 0.5) is 18.0 Å². The first-order valence-corrected chi connectivity index (χ1v) is 11.2. The molecular formula is C22H28F3N5O3. The monoisotopic (exact) mass is 467 g/mol. The van der Waals surface area contributed by atoms with Crippen molar-refractivity contribution in [2.75, 3.05) is 0 Å². The summed E-state index contributed by atoms with van der Waals surface area (Å²) in [6, 6.07) is 1.72. The van der Waals surface area contributed by atoms with E-state index in [1.165, 1.54) is 0 Å². The van der Waals surface area contributed by atoms with Crippen LogP contribution in [0.15, 0.2) is 23.4 Å². The molecule has 2 saturated carbocycles. The van der Waals surface area contributed by atoms with E-state index in [0.29, 0.717) is 12.3 Å². The van der Waals surface area contributed by atoms with Crippen molar-refractivity contribution in [2.24, 2.45) is 16.9 Å². The van der Waals surface area contributed by atoms with E-state index >= 15 is 0 Å². The Labute approximate surface area is 189 Å². The van der Waals surface area contributed by atoms with Crippen LogP contribution in [-0.2, 0) is 22.1 Å². The van der Waals surface area contributed by atoms with E-state index in [9.17, 15) is 22.8 Å². The van der Waals surface area contributed by atoms with Crippen LogP contribution in [0.2, 0.25) is 0 Å². The van der Waals surface area contributed by atoms with Gasteiger partial charge in [0.1, 0.15) is 11.9 Å². The summed E-state index contributed by atoms with van der Waals surface area (Å²) in [5.74, 6) is 0.0810. The Kier molecular flexibility index (Phi) is 6.24. The van der Waals surface area contributed by atoms with Crippen LogP contribution in [0.25, 0.3) is 0 Å². The summed E-state index contributed by atoms with van der Waals surface area (Å²) >= 11 is 0. The minimum atomic E-state index is -4.49. The SMILES string of the molecule is CC1C(NC(=O)Cc2cc(C(F)(F)F)ccn2)=NNC1[C@H]1CC[C@@H](OC(=O)NC2(C)CC2)C1. The van der Waals surface area contributed by atoms with Gasteiger partial charge in [0.25, 0.3) is 0 Å². The lowest BCUT2D eigenvalue weighted by Crippen LogP contribution is -2.40. The van der Waals surface area contributed by atoms with Crippen molar-refractivity contribution in [3.63, 3.8) is 0 Å². The smallest absolute Gasteiger partial charge is 0.416 e. The third kappa shape index (κ3) is 5.75. The predicted molar refractivity (Wildman–Crippen MR) is 113 cm³/mol. The Morgan fingerprint density at radius 1 is 1.30 bits per heavy atom. The molecular weight excluding hydrogens is 439 g/mol. The summed E-state index contributed by atoms with van der Waals surface area (Å²) in [7, 11) is 0. The number of nitrogens with one attached hydrogen (secondary N) is 3. The van der Waals surface area contributed by atoms with Gasteiger partial charge in [-0.25, -0.2) is 4.79 Å². The van der Waals surface area contributed by atoms with Crippen LogP contribution in [0, 0.1) is 11.8 Å². The average Bonchev–Trinajstić information content (AvgIpc) is 3.10. The maximum absolute atomic E-state index is 12.9. The first-order valence-electron chi connectivity index (χ1n) is 11.2. The maximum Gasteiger partial charge on any atom is 0.416 e. The molecule has 180 valence electrons. The number of hydrazone groups is 1. The molecule has 8 nitrogen and oxygen atoms in total. The molecule has 33 heavy (non-hydrogen) atoms. The van der Waals surface area contributed by atoms with E-state index in [4.69, 9.17) is 4.74 Å². The third-order valence-electron chi connectivity index (χ3n) is 6.67. The number of ether oxygens (including phenoxy) is 1. The number of hydrogen-bond acceptors (Lipinski definition) is 6. The van der Waals surface area contributed by atoms with Gasteiger partial charge >= 0.3 is 12.3 Å². The van der Waals surface area contributed by atoms with Gasteiger partial charge in [-0.2, -0.15) is 18.3 Å². The van der Waals surface area contributed by atoms with Gasteiger partial charge in [-0.05, 0) is 57.1 Å². The number of rotatable bonds is 5. The highest BCUT2D eigenvalue weighted by atomic mass is 19.4. The second-order valence-corrected chi connectivity index (χ2v) is 9.49. The van der Waals surface area contributed by atoms with Gasteiger partial charge in [0.2, 0.25) is 5.91 Å². The van der Waals surface area contributed by atoms with Gasteiger partial charge in [0, 0.05) is 17.7 Å². The standard InChI is InChI=1S/C22H28F3N5O3/c1-12-18(13-3-4-16(9-13)33-20(32)28-21(2)6-7-21)29-30-19(12)27-17(31)11-15-10-14(5-8-26-15)22(23,24)25/h5,8,10,12-13,16,18,29H,3-4,6-7,9,11H2,1-2H3,(H,28,32)(H,27,30,31)/t12?,13-,16+,18?/m0/s1. The van der Waals surface area contributed by atoms with Crippen LogP contribution in [0.1, 0.15) is 57.2 Å². The van der Waals surface area contributed by atoms with E-state index in [-0.39, 0.29) is 47.7 Å². The van der Waals surface area contributed by atoms with Gasteiger partial charge in [-0.1, -0.05) is 6.92 Å². The first kappa shape index (κ1) is 23.3. The highest BCUT2D eigenvalue weighted by Gasteiger charge is 2.42. The molecule has 2 aliphatic carbocycles. The summed E-state index contributed by atoms with van der Waals surface area (Å²) in [6.45, 7) is 3.92. The lowest BCUT2D eigenvalue weighted by molar-refractivity contribution is -0.137. The molecule has 0 bridgehead atoms. The zero-order valence-electron chi connectivity index (χ0n) is 18.5. The van der Waals surface area contributed by atoms with Crippen molar-refractivity contribution in [1.29, 1.82) is 0 Å². The molecule has 2 amide bonds. The molecule has 11 heteroatoms. The number of hydrogen-bond donors (Lipinski definition) is 3. The summed E-state index contributed by atoms with van der Waals surface area (Å²) in [6.07, 6.45) is 0.00748. The highest BCUT2D eigenvalue weighted by molar-refractivity contribution is 6.00. The second kappa shape index (κ2) is 8.83. The molecule has 0 saturated heterocycles. The molecule has 2 fully saturated rings. The Morgan fingerprint density at radius 3 is 2.76 bits per heavy atom. The van der Waals surface area contributed by atoms with Crippen molar-refractivity contribution in [2.45, 2.75) is 76.2 Å². The minimum absolute atomic E-state index is 0.0235. The van der Waals surface area contributed by atoms with Crippen molar-refractivity contribution < 1.29 is 27.5 Å². The topological polar surface area (TPSA) is 105 Å². The van der Waals surface area contributed by atoms with E-state index in [1.807, 2.05) is 13.8 Å². The predicted octanol–water partition coefficient (Wildman–Crippen LogP) is 3.13. The minimum Gasteiger partial charge on any atom is -0.446 e. The fourth-order valence-electron chi connectivity index (χ4n) is 4.43. The number of carbonyl (C=O) groups excluding carboxylic acids is 2. The van der Waals surface area contributed by atoms with Gasteiger partial charge < -0.3 is 20.8 Å². The molecule has 0 spiro atoms. The molecule has 2 heterocycles. The number of aromatic nitrogens is 1. The van der Waals surface area contributed by atoms with Gasteiger partial charge in [-0.15, -0.1) is 0 Å². The summed E-state index contributed by atoms with van der Waals surface area (Å²) < 4.78 is 44.2. The molecule has 0 aromatic carbocycles. The Bertz CT molecular complexity index is 947. The van der Waals surface area contributed by atoms with Crippen molar-refractivity contribution >= 4 is 17.8 Å². The molecule has 1 aromatic heterocycles. The fourth-order valence-corrected chi connectivity index (χ4v) is 4.43. The molecule has 3 aliphatic rings. The molecule has 0 radical (unpaired) electrons. The van der Waals surface area contributed by atoms with Gasteiger partial charge in [0.05, 0.1) is 23.7 Å². The number of nitrogens with zero attached hydrogens (tertiary/aromatic N) is 2. The second-order valence-electron chi connectivity index (χ2n) is 9.49. The lowest BCUT2D eigenvalue weighted by atomic mass is 9.88. The summed E-state index contributed by atoms with van der Waals surface area (Å²) in [5.41, 5.74) is 2.14. The van der Waals surface area contributed by atoms with Crippen molar-refractivity contribution in [3.05, 3.63) is 29.6 Å². The number of carbonyl (C=O) groups is 2. The van der Waals surface area contributed by atoms with Gasteiger partial charge in [0.15, 0.2) is 0 Å². The van der Waals surface area contributed by atoms with E-state index < -0.39 is 17.6 Å². The van der Waals surface area contributed by atoms with Crippen molar-refractivity contribution in [1.82, 2.24) is 21.0 Å². The van der Waals surface area contributed by atoms with E-state index in [2.05, 4.69) is 26.1 Å². The van der Waals surface area contributed by atoms with Crippen LogP contribution >= 0.6 is 0 Å².